The van der Waals surface area contributed by atoms with Crippen molar-refractivity contribution in [3.8, 4) is 0 Å². The van der Waals surface area contributed by atoms with Crippen LogP contribution >= 0.6 is 0 Å². The molecule has 0 bridgehead atoms. The van der Waals surface area contributed by atoms with Gasteiger partial charge in [0, 0.05) is 17.9 Å². The maximum Gasteiger partial charge on any atom is 0.347 e. The summed E-state index contributed by atoms with van der Waals surface area (Å²) in [7, 11) is 0. The van der Waals surface area contributed by atoms with Crippen LogP contribution in [0.25, 0.3) is 0 Å². The van der Waals surface area contributed by atoms with E-state index in [1.165, 1.54) is 5.56 Å². The van der Waals surface area contributed by atoms with E-state index < -0.39 is 11.9 Å². The van der Waals surface area contributed by atoms with E-state index in [-0.39, 0.29) is 18.8 Å². The van der Waals surface area contributed by atoms with Crippen molar-refractivity contribution in [2.24, 2.45) is 0 Å². The number of carbonyl (C=O) groups is 2. The van der Waals surface area contributed by atoms with E-state index in [1.807, 2.05) is 23.1 Å². The first-order valence-electron chi connectivity index (χ1n) is 7.50. The molecule has 1 aromatic carbocycles. The Kier molecular flexibility index (Phi) is 5.20. The maximum atomic E-state index is 12.2. The Bertz CT molecular complexity index is 586. The molecule has 0 radical (unpaired) electrons. The van der Waals surface area contributed by atoms with E-state index in [4.69, 9.17) is 9.47 Å². The van der Waals surface area contributed by atoms with Gasteiger partial charge in [0.05, 0.1) is 13.2 Å². The number of benzene rings is 1. The predicted octanol–water partition coefficient (Wildman–Crippen LogP) is 2.45. The first-order valence-corrected chi connectivity index (χ1v) is 7.50. The van der Waals surface area contributed by atoms with E-state index in [9.17, 15) is 9.59 Å². The van der Waals surface area contributed by atoms with Crippen molar-refractivity contribution in [1.29, 1.82) is 0 Å². The number of hydrogen-bond donors (Lipinski definition) is 0. The summed E-state index contributed by atoms with van der Waals surface area (Å²) in [5.41, 5.74) is 2.77. The van der Waals surface area contributed by atoms with Crippen LogP contribution in [0.4, 0.5) is 5.69 Å². The SMILES string of the molecule is CCOC(=O)C(C(=O)OCC)=C(C)N1CCc2ccccc21. The van der Waals surface area contributed by atoms with E-state index in [2.05, 4.69) is 6.07 Å². The van der Waals surface area contributed by atoms with Gasteiger partial charge >= 0.3 is 11.9 Å². The van der Waals surface area contributed by atoms with Crippen LogP contribution in [0, 0.1) is 0 Å². The summed E-state index contributed by atoms with van der Waals surface area (Å²) in [4.78, 5) is 26.3. The van der Waals surface area contributed by atoms with Gasteiger partial charge in [-0.2, -0.15) is 0 Å². The molecule has 0 fully saturated rings. The monoisotopic (exact) mass is 303 g/mol. The molecule has 0 atom stereocenters. The highest BCUT2D eigenvalue weighted by molar-refractivity contribution is 6.15. The van der Waals surface area contributed by atoms with Crippen LogP contribution in [-0.4, -0.2) is 31.7 Å². The van der Waals surface area contributed by atoms with Gasteiger partial charge in [0.15, 0.2) is 5.57 Å². The van der Waals surface area contributed by atoms with Gasteiger partial charge in [-0.1, -0.05) is 18.2 Å². The van der Waals surface area contributed by atoms with E-state index >= 15 is 0 Å². The highest BCUT2D eigenvalue weighted by atomic mass is 16.6. The molecule has 0 saturated heterocycles. The zero-order chi connectivity index (χ0) is 16.1. The Labute approximate surface area is 130 Å². The van der Waals surface area contributed by atoms with Crippen LogP contribution in [0.1, 0.15) is 26.3 Å². The third-order valence-electron chi connectivity index (χ3n) is 3.61. The molecule has 0 amide bonds. The number of ether oxygens (including phenoxy) is 2. The highest BCUT2D eigenvalue weighted by Crippen LogP contribution is 2.31. The summed E-state index contributed by atoms with van der Waals surface area (Å²) in [6.07, 6.45) is 0.881. The van der Waals surface area contributed by atoms with Crippen molar-refractivity contribution in [3.63, 3.8) is 0 Å². The standard InChI is InChI=1S/C17H21NO4/c1-4-21-16(19)15(17(20)22-5-2)12(3)18-11-10-13-8-6-7-9-14(13)18/h6-9H,4-5,10-11H2,1-3H3. The van der Waals surface area contributed by atoms with Crippen LogP contribution in [0.5, 0.6) is 0 Å². The highest BCUT2D eigenvalue weighted by Gasteiger charge is 2.29. The lowest BCUT2D eigenvalue weighted by molar-refractivity contribution is -0.146. The summed E-state index contributed by atoms with van der Waals surface area (Å²) >= 11 is 0. The van der Waals surface area contributed by atoms with Crippen LogP contribution in [0.15, 0.2) is 35.5 Å². The molecule has 1 aromatic rings. The fourth-order valence-corrected chi connectivity index (χ4v) is 2.61. The Balaban J connectivity index is 2.41. The maximum absolute atomic E-state index is 12.2. The fourth-order valence-electron chi connectivity index (χ4n) is 2.61. The van der Waals surface area contributed by atoms with Crippen LogP contribution in [0.3, 0.4) is 0 Å². The zero-order valence-corrected chi connectivity index (χ0v) is 13.2. The van der Waals surface area contributed by atoms with Crippen LogP contribution < -0.4 is 4.90 Å². The molecule has 0 unspecified atom stereocenters. The van der Waals surface area contributed by atoms with Crippen molar-refractivity contribution in [2.75, 3.05) is 24.7 Å². The smallest absolute Gasteiger partial charge is 0.347 e. The van der Waals surface area contributed by atoms with Crippen molar-refractivity contribution in [1.82, 2.24) is 0 Å². The van der Waals surface area contributed by atoms with Gasteiger partial charge < -0.3 is 14.4 Å². The normalized spacial score (nSPS) is 12.6. The van der Waals surface area contributed by atoms with Gasteiger partial charge in [0.2, 0.25) is 0 Å². The predicted molar refractivity (Wildman–Crippen MR) is 83.5 cm³/mol. The fraction of sp³-hybridized carbons (Fsp3) is 0.412. The van der Waals surface area contributed by atoms with Crippen LogP contribution in [-0.2, 0) is 25.5 Å². The summed E-state index contributed by atoms with van der Waals surface area (Å²) < 4.78 is 10.0. The first-order chi connectivity index (χ1) is 10.6. The van der Waals surface area contributed by atoms with E-state index in [1.54, 1.807) is 20.8 Å². The summed E-state index contributed by atoms with van der Waals surface area (Å²) in [5.74, 6) is -1.27. The largest absolute Gasteiger partial charge is 0.462 e. The number of para-hydroxylation sites is 1. The van der Waals surface area contributed by atoms with Crippen molar-refractivity contribution in [3.05, 3.63) is 41.1 Å². The van der Waals surface area contributed by atoms with Gasteiger partial charge in [-0.3, -0.25) is 0 Å². The molecule has 22 heavy (non-hydrogen) atoms. The first kappa shape index (κ1) is 16.1. The molecular weight excluding hydrogens is 282 g/mol. The minimum absolute atomic E-state index is 0.0274. The number of fused-ring (bicyclic) bond motifs is 1. The molecule has 1 heterocycles. The second-order valence-corrected chi connectivity index (χ2v) is 4.93. The lowest BCUT2D eigenvalue weighted by Crippen LogP contribution is -2.27. The van der Waals surface area contributed by atoms with E-state index in [0.717, 1.165) is 18.7 Å². The number of hydrogen-bond acceptors (Lipinski definition) is 5. The molecule has 1 aliphatic heterocycles. The van der Waals surface area contributed by atoms with Crippen molar-refractivity contribution < 1.29 is 19.1 Å². The minimum atomic E-state index is -0.636. The zero-order valence-electron chi connectivity index (χ0n) is 13.2. The lowest BCUT2D eigenvalue weighted by Gasteiger charge is -2.22. The number of allylic oxidation sites excluding steroid dienone is 1. The molecule has 0 aromatic heterocycles. The molecule has 0 saturated carbocycles. The number of rotatable bonds is 5. The molecule has 118 valence electrons. The Morgan fingerprint density at radius 2 is 1.68 bits per heavy atom. The van der Waals surface area contributed by atoms with Gasteiger partial charge in [-0.25, -0.2) is 9.59 Å². The van der Waals surface area contributed by atoms with Gasteiger partial charge in [-0.05, 0) is 38.8 Å². The second kappa shape index (κ2) is 7.11. The molecule has 0 N–H and O–H groups in total. The minimum Gasteiger partial charge on any atom is -0.462 e. The van der Waals surface area contributed by atoms with Crippen molar-refractivity contribution in [2.45, 2.75) is 27.2 Å². The average molecular weight is 303 g/mol. The topological polar surface area (TPSA) is 55.8 Å². The Morgan fingerprint density at radius 1 is 1.09 bits per heavy atom. The molecular formula is C17H21NO4. The van der Waals surface area contributed by atoms with Gasteiger partial charge in [0.25, 0.3) is 0 Å². The quantitative estimate of drug-likeness (QED) is 0.362. The lowest BCUT2D eigenvalue weighted by atomic mass is 10.1. The van der Waals surface area contributed by atoms with Crippen molar-refractivity contribution >= 4 is 17.6 Å². The van der Waals surface area contributed by atoms with Crippen LogP contribution in [0.2, 0.25) is 0 Å². The summed E-state index contributed by atoms with van der Waals surface area (Å²) in [5, 5.41) is 0. The molecule has 5 heteroatoms. The Hall–Kier alpha value is -2.30. The number of nitrogens with zero attached hydrogens (tertiary/aromatic N) is 1. The Morgan fingerprint density at radius 3 is 2.27 bits per heavy atom. The van der Waals surface area contributed by atoms with E-state index in [0.29, 0.717) is 5.70 Å². The number of anilines is 1. The molecule has 0 spiro atoms. The third-order valence-corrected chi connectivity index (χ3v) is 3.61. The average Bonchev–Trinajstić information content (AvgIpc) is 2.92. The summed E-state index contributed by atoms with van der Waals surface area (Å²) in [6.45, 7) is 6.33. The summed E-state index contributed by atoms with van der Waals surface area (Å²) in [6, 6.07) is 7.97. The van der Waals surface area contributed by atoms with Gasteiger partial charge in [-0.15, -0.1) is 0 Å². The second-order valence-electron chi connectivity index (χ2n) is 4.93. The van der Waals surface area contributed by atoms with Gasteiger partial charge in [0.1, 0.15) is 0 Å². The third kappa shape index (κ3) is 3.13. The number of carbonyl (C=O) groups excluding carboxylic acids is 2. The molecule has 1 aliphatic rings. The molecule has 5 nitrogen and oxygen atoms in total. The molecule has 0 aliphatic carbocycles. The molecule has 2 rings (SSSR count). The number of esters is 2.